The van der Waals surface area contributed by atoms with Crippen LogP contribution in [0.4, 0.5) is 0 Å². The van der Waals surface area contributed by atoms with Crippen molar-refractivity contribution in [2.45, 2.75) is 46.2 Å². The smallest absolute Gasteiger partial charge is 0.309 e. The SMILES string of the molecule is CCC(C)C(N[C]=O)C(=O)NC(C)C. The van der Waals surface area contributed by atoms with Crippen molar-refractivity contribution in [3.05, 3.63) is 0 Å². The maximum atomic E-state index is 11.6. The van der Waals surface area contributed by atoms with E-state index in [2.05, 4.69) is 10.6 Å². The zero-order chi connectivity index (χ0) is 11.1. The molecule has 81 valence electrons. The summed E-state index contributed by atoms with van der Waals surface area (Å²) in [5.74, 6) is -0.0205. The van der Waals surface area contributed by atoms with Crippen molar-refractivity contribution in [3.8, 4) is 0 Å². The molecule has 2 atom stereocenters. The number of rotatable bonds is 6. The zero-order valence-electron chi connectivity index (χ0n) is 9.26. The van der Waals surface area contributed by atoms with Gasteiger partial charge in [0.05, 0.1) is 0 Å². The van der Waals surface area contributed by atoms with E-state index in [1.807, 2.05) is 27.7 Å². The van der Waals surface area contributed by atoms with E-state index in [1.165, 1.54) is 0 Å². The fourth-order valence-corrected chi connectivity index (χ4v) is 1.14. The number of carbonyl (C=O) groups excluding carboxylic acids is 2. The van der Waals surface area contributed by atoms with Crippen LogP contribution in [0.15, 0.2) is 0 Å². The van der Waals surface area contributed by atoms with Gasteiger partial charge in [-0.25, -0.2) is 0 Å². The van der Waals surface area contributed by atoms with Crippen LogP contribution in [-0.2, 0) is 9.59 Å². The minimum Gasteiger partial charge on any atom is -0.352 e. The molecule has 0 rings (SSSR count). The van der Waals surface area contributed by atoms with Crippen LogP contribution in [-0.4, -0.2) is 24.4 Å². The van der Waals surface area contributed by atoms with Crippen LogP contribution < -0.4 is 10.6 Å². The molecule has 4 nitrogen and oxygen atoms in total. The van der Waals surface area contributed by atoms with E-state index in [-0.39, 0.29) is 17.9 Å². The van der Waals surface area contributed by atoms with E-state index in [1.54, 1.807) is 6.41 Å². The molecule has 4 heteroatoms. The normalized spacial score (nSPS) is 14.6. The summed E-state index contributed by atoms with van der Waals surface area (Å²) in [6.07, 6.45) is 2.41. The molecular formula is C10H19N2O2. The summed E-state index contributed by atoms with van der Waals surface area (Å²) in [7, 11) is 0. The standard InChI is InChI=1S/C10H19N2O2/c1-5-8(4)9(11-6-13)10(14)12-7(2)3/h7-9H,5H2,1-4H3,(H,11,13)(H,12,14). The highest BCUT2D eigenvalue weighted by molar-refractivity contribution is 5.84. The van der Waals surface area contributed by atoms with E-state index in [0.717, 1.165) is 6.42 Å². The highest BCUT2D eigenvalue weighted by Gasteiger charge is 2.23. The van der Waals surface area contributed by atoms with Crippen molar-refractivity contribution in [1.29, 1.82) is 0 Å². The third-order valence-electron chi connectivity index (χ3n) is 2.14. The molecule has 2 unspecified atom stereocenters. The molecule has 0 aromatic carbocycles. The molecule has 0 saturated heterocycles. The molecular weight excluding hydrogens is 180 g/mol. The molecule has 0 aliphatic carbocycles. The van der Waals surface area contributed by atoms with Crippen molar-refractivity contribution in [2.24, 2.45) is 5.92 Å². The Bertz CT molecular complexity index is 193. The molecule has 0 aromatic rings. The lowest BCUT2D eigenvalue weighted by Gasteiger charge is -2.22. The van der Waals surface area contributed by atoms with Crippen molar-refractivity contribution < 1.29 is 9.59 Å². The van der Waals surface area contributed by atoms with E-state index in [4.69, 9.17) is 0 Å². The van der Waals surface area contributed by atoms with Crippen LogP contribution in [0.3, 0.4) is 0 Å². The maximum absolute atomic E-state index is 11.6. The predicted octanol–water partition coefficient (Wildman–Crippen LogP) is 0.582. The molecule has 2 N–H and O–H groups in total. The van der Waals surface area contributed by atoms with Crippen LogP contribution in [0.2, 0.25) is 0 Å². The van der Waals surface area contributed by atoms with Gasteiger partial charge in [0.25, 0.3) is 0 Å². The number of amides is 2. The minimum atomic E-state index is -0.472. The first-order valence-electron chi connectivity index (χ1n) is 4.96. The predicted molar refractivity (Wildman–Crippen MR) is 55.4 cm³/mol. The van der Waals surface area contributed by atoms with E-state index >= 15 is 0 Å². The summed E-state index contributed by atoms with van der Waals surface area (Å²) in [6.45, 7) is 7.67. The largest absolute Gasteiger partial charge is 0.352 e. The Morgan fingerprint density at radius 1 is 1.36 bits per heavy atom. The van der Waals surface area contributed by atoms with E-state index in [9.17, 15) is 9.59 Å². The van der Waals surface area contributed by atoms with Crippen molar-refractivity contribution in [1.82, 2.24) is 10.6 Å². The van der Waals surface area contributed by atoms with E-state index in [0.29, 0.717) is 0 Å². The van der Waals surface area contributed by atoms with E-state index < -0.39 is 6.04 Å². The number of nitrogens with one attached hydrogen (secondary N) is 2. The lowest BCUT2D eigenvalue weighted by Crippen LogP contribution is -2.49. The van der Waals surface area contributed by atoms with Crippen molar-refractivity contribution >= 4 is 12.3 Å². The van der Waals surface area contributed by atoms with Gasteiger partial charge in [0.2, 0.25) is 5.91 Å². The summed E-state index contributed by atoms with van der Waals surface area (Å²) in [5, 5.41) is 5.18. The van der Waals surface area contributed by atoms with Gasteiger partial charge in [0.1, 0.15) is 6.04 Å². The second-order valence-electron chi connectivity index (χ2n) is 3.77. The first-order chi connectivity index (χ1) is 6.52. The Balaban J connectivity index is 4.32. The number of hydrogen-bond acceptors (Lipinski definition) is 2. The Morgan fingerprint density at radius 3 is 2.29 bits per heavy atom. The fraction of sp³-hybridized carbons (Fsp3) is 0.800. The first-order valence-corrected chi connectivity index (χ1v) is 4.96. The van der Waals surface area contributed by atoms with Gasteiger partial charge in [-0.1, -0.05) is 20.3 Å². The first kappa shape index (κ1) is 12.9. The average Bonchev–Trinajstić information content (AvgIpc) is 2.11. The fourth-order valence-electron chi connectivity index (χ4n) is 1.14. The lowest BCUT2D eigenvalue weighted by atomic mass is 9.98. The Hall–Kier alpha value is -1.06. The molecule has 0 bridgehead atoms. The van der Waals surface area contributed by atoms with Crippen molar-refractivity contribution in [2.75, 3.05) is 0 Å². The number of carbonyl (C=O) groups is 1. The molecule has 0 spiro atoms. The Morgan fingerprint density at radius 2 is 1.93 bits per heavy atom. The topological polar surface area (TPSA) is 58.2 Å². The minimum absolute atomic E-state index is 0.0857. The van der Waals surface area contributed by atoms with Gasteiger partial charge in [0.15, 0.2) is 0 Å². The van der Waals surface area contributed by atoms with Crippen LogP contribution in [0, 0.1) is 5.92 Å². The third kappa shape index (κ3) is 4.25. The summed E-state index contributed by atoms with van der Waals surface area (Å²) in [5.41, 5.74) is 0. The van der Waals surface area contributed by atoms with Gasteiger partial charge in [-0.3, -0.25) is 9.59 Å². The second kappa shape index (κ2) is 6.40. The van der Waals surface area contributed by atoms with Gasteiger partial charge < -0.3 is 10.6 Å². The Labute approximate surface area is 85.4 Å². The summed E-state index contributed by atoms with van der Waals surface area (Å²) >= 11 is 0. The van der Waals surface area contributed by atoms with Crippen LogP contribution in [0.25, 0.3) is 0 Å². The van der Waals surface area contributed by atoms with Gasteiger partial charge in [-0.2, -0.15) is 0 Å². The molecule has 0 aliphatic rings. The average molecular weight is 199 g/mol. The quantitative estimate of drug-likeness (QED) is 0.615. The summed E-state index contributed by atoms with van der Waals surface area (Å²) < 4.78 is 0. The van der Waals surface area contributed by atoms with Crippen LogP contribution in [0.5, 0.6) is 0 Å². The van der Waals surface area contributed by atoms with Gasteiger partial charge in [-0.15, -0.1) is 0 Å². The number of hydrogen-bond donors (Lipinski definition) is 2. The Kier molecular flexibility index (Phi) is 5.92. The summed E-state index contributed by atoms with van der Waals surface area (Å²) in [4.78, 5) is 21.8. The zero-order valence-corrected chi connectivity index (χ0v) is 9.26. The van der Waals surface area contributed by atoms with Crippen molar-refractivity contribution in [3.63, 3.8) is 0 Å². The molecule has 0 aromatic heterocycles. The highest BCUT2D eigenvalue weighted by Crippen LogP contribution is 2.07. The van der Waals surface area contributed by atoms with Gasteiger partial charge in [0, 0.05) is 6.04 Å². The highest BCUT2D eigenvalue weighted by atomic mass is 16.2. The third-order valence-corrected chi connectivity index (χ3v) is 2.14. The van der Waals surface area contributed by atoms with Crippen LogP contribution in [0.1, 0.15) is 34.1 Å². The molecule has 0 aliphatic heterocycles. The lowest BCUT2D eigenvalue weighted by molar-refractivity contribution is -0.124. The molecule has 2 amide bonds. The molecule has 1 radical (unpaired) electrons. The molecule has 14 heavy (non-hydrogen) atoms. The molecule has 0 heterocycles. The van der Waals surface area contributed by atoms with Gasteiger partial charge >= 0.3 is 6.41 Å². The maximum Gasteiger partial charge on any atom is 0.309 e. The van der Waals surface area contributed by atoms with Gasteiger partial charge in [-0.05, 0) is 19.8 Å². The second-order valence-corrected chi connectivity index (χ2v) is 3.77. The molecule has 0 saturated carbocycles. The van der Waals surface area contributed by atoms with Crippen LogP contribution >= 0.6 is 0 Å². The summed E-state index contributed by atoms with van der Waals surface area (Å²) in [6, 6.07) is -0.387. The molecule has 0 fully saturated rings. The monoisotopic (exact) mass is 199 g/mol.